The number of ether oxygens (including phenoxy) is 1. The largest absolute Gasteiger partial charge is 0.469 e. The van der Waals surface area contributed by atoms with Gasteiger partial charge in [0.1, 0.15) is 0 Å². The SMILES string of the molecule is COC(=O)[C@]12CCC(C)(C)C[C@H]1C1=CC[C@H]3[C@@]4(C)C[C@@H](O)[C@H](O)C(C)(C)[C@@H]4CC[C@@]3(C)[C@]1(C)CC2. The summed E-state index contributed by atoms with van der Waals surface area (Å²) >= 11 is 0. The van der Waals surface area contributed by atoms with Crippen molar-refractivity contribution >= 4 is 5.97 Å². The van der Waals surface area contributed by atoms with E-state index in [9.17, 15) is 15.0 Å². The van der Waals surface area contributed by atoms with Gasteiger partial charge in [0.2, 0.25) is 0 Å². The first kappa shape index (κ1) is 25.8. The third kappa shape index (κ3) is 3.14. The smallest absolute Gasteiger partial charge is 0.312 e. The molecule has 9 atom stereocenters. The van der Waals surface area contributed by atoms with E-state index in [1.54, 1.807) is 12.7 Å². The van der Waals surface area contributed by atoms with Crippen molar-refractivity contribution in [1.82, 2.24) is 0 Å². The molecule has 4 heteroatoms. The number of allylic oxidation sites excluding steroid dienone is 2. The summed E-state index contributed by atoms with van der Waals surface area (Å²) in [6.07, 6.45) is 10.2. The Bertz CT molecular complexity index is 934. The Hall–Kier alpha value is -0.870. The summed E-state index contributed by atoms with van der Waals surface area (Å²) < 4.78 is 5.48. The Balaban J connectivity index is 1.61. The van der Waals surface area contributed by atoms with Gasteiger partial charge in [0.15, 0.2) is 0 Å². The molecule has 0 aromatic heterocycles. The number of methoxy groups -OCH3 is 1. The van der Waals surface area contributed by atoms with E-state index in [4.69, 9.17) is 4.74 Å². The van der Waals surface area contributed by atoms with Crippen LogP contribution in [0.4, 0.5) is 0 Å². The van der Waals surface area contributed by atoms with Crippen molar-refractivity contribution in [2.75, 3.05) is 7.11 Å². The molecule has 0 saturated heterocycles. The highest BCUT2D eigenvalue weighted by molar-refractivity contribution is 5.78. The second-order valence-electron chi connectivity index (χ2n) is 15.4. The molecule has 5 aliphatic carbocycles. The van der Waals surface area contributed by atoms with Crippen molar-refractivity contribution in [2.24, 2.45) is 50.2 Å². The molecule has 198 valence electrons. The number of aliphatic hydroxyl groups is 2. The van der Waals surface area contributed by atoms with Crippen molar-refractivity contribution in [3.05, 3.63) is 11.6 Å². The second kappa shape index (κ2) is 7.59. The molecule has 0 heterocycles. The van der Waals surface area contributed by atoms with Crippen molar-refractivity contribution in [3.63, 3.8) is 0 Å². The van der Waals surface area contributed by atoms with E-state index in [1.807, 2.05) is 0 Å². The number of hydrogen-bond donors (Lipinski definition) is 2. The molecule has 0 radical (unpaired) electrons. The Morgan fingerprint density at radius 1 is 0.914 bits per heavy atom. The molecular weight excluding hydrogens is 436 g/mol. The maximum atomic E-state index is 13.4. The van der Waals surface area contributed by atoms with Gasteiger partial charge < -0.3 is 14.9 Å². The van der Waals surface area contributed by atoms with Crippen LogP contribution in [0.3, 0.4) is 0 Å². The van der Waals surface area contributed by atoms with Crippen LogP contribution in [0.15, 0.2) is 11.6 Å². The quantitative estimate of drug-likeness (QED) is 0.337. The lowest BCUT2D eigenvalue weighted by atomic mass is 9.33. The fourth-order valence-electron chi connectivity index (χ4n) is 11.0. The van der Waals surface area contributed by atoms with Crippen molar-refractivity contribution in [1.29, 1.82) is 0 Å². The van der Waals surface area contributed by atoms with Crippen LogP contribution in [0.25, 0.3) is 0 Å². The molecule has 35 heavy (non-hydrogen) atoms. The first-order valence-corrected chi connectivity index (χ1v) is 14.2. The second-order valence-corrected chi connectivity index (χ2v) is 15.4. The maximum absolute atomic E-state index is 13.4. The number of carbonyl (C=O) groups excluding carboxylic acids is 1. The van der Waals surface area contributed by atoms with Crippen LogP contribution in [0.5, 0.6) is 0 Å². The zero-order valence-corrected chi connectivity index (χ0v) is 23.5. The van der Waals surface area contributed by atoms with Gasteiger partial charge in [0, 0.05) is 0 Å². The van der Waals surface area contributed by atoms with Crippen LogP contribution in [0.2, 0.25) is 0 Å². The maximum Gasteiger partial charge on any atom is 0.312 e. The molecule has 0 aromatic carbocycles. The lowest BCUT2D eigenvalue weighted by Gasteiger charge is -2.71. The molecule has 0 amide bonds. The van der Waals surface area contributed by atoms with Gasteiger partial charge in [-0.15, -0.1) is 0 Å². The van der Waals surface area contributed by atoms with Crippen LogP contribution >= 0.6 is 0 Å². The molecular formula is C31H50O4. The minimum Gasteiger partial charge on any atom is -0.469 e. The van der Waals surface area contributed by atoms with Crippen LogP contribution < -0.4 is 0 Å². The summed E-state index contributed by atoms with van der Waals surface area (Å²) in [5.41, 5.74) is 1.26. The van der Waals surface area contributed by atoms with Gasteiger partial charge in [0.25, 0.3) is 0 Å². The van der Waals surface area contributed by atoms with Gasteiger partial charge in [-0.3, -0.25) is 4.79 Å². The summed E-state index contributed by atoms with van der Waals surface area (Å²) in [5, 5.41) is 21.9. The normalized spacial score (nSPS) is 52.2. The van der Waals surface area contributed by atoms with Crippen LogP contribution in [0.1, 0.15) is 106 Å². The standard InChI is InChI=1S/C31H50O4/c1-26(2)13-15-31(25(34)35-8)16-14-29(6)19(20(31)17-26)9-10-23-28(5)18-21(32)24(33)27(3,4)22(28)11-12-30(23,29)7/h9,20-24,32-33H,10-18H2,1-8H3/t20-,21+,22-,23-,24-,28-,29+,30+,31-/m0/s1. The summed E-state index contributed by atoms with van der Waals surface area (Å²) in [5.74, 6) is 1.13. The third-order valence-corrected chi connectivity index (χ3v) is 13.2. The monoisotopic (exact) mass is 486 g/mol. The van der Waals surface area contributed by atoms with Crippen molar-refractivity contribution in [3.8, 4) is 0 Å². The minimum atomic E-state index is -0.663. The zero-order chi connectivity index (χ0) is 25.8. The number of aliphatic hydroxyl groups excluding tert-OH is 2. The first-order valence-electron chi connectivity index (χ1n) is 14.2. The van der Waals surface area contributed by atoms with Crippen molar-refractivity contribution < 1.29 is 19.7 Å². The van der Waals surface area contributed by atoms with Crippen LogP contribution in [-0.4, -0.2) is 35.5 Å². The average molecular weight is 487 g/mol. The first-order chi connectivity index (χ1) is 16.1. The molecule has 5 rings (SSSR count). The van der Waals surface area contributed by atoms with Gasteiger partial charge in [-0.05, 0) is 103 Å². The predicted molar refractivity (Wildman–Crippen MR) is 138 cm³/mol. The lowest BCUT2D eigenvalue weighted by molar-refractivity contribution is -0.232. The summed E-state index contributed by atoms with van der Waals surface area (Å²) in [6.45, 7) is 16.6. The van der Waals surface area contributed by atoms with E-state index in [-0.39, 0.29) is 44.4 Å². The third-order valence-electron chi connectivity index (χ3n) is 13.2. The molecule has 5 aliphatic rings. The van der Waals surface area contributed by atoms with E-state index >= 15 is 0 Å². The molecule has 0 bridgehead atoms. The fourth-order valence-corrected chi connectivity index (χ4v) is 11.0. The van der Waals surface area contributed by atoms with E-state index in [2.05, 4.69) is 54.5 Å². The van der Waals surface area contributed by atoms with Crippen LogP contribution in [0, 0.1) is 50.2 Å². The van der Waals surface area contributed by atoms with Gasteiger partial charge in [-0.1, -0.05) is 60.1 Å². The highest BCUT2D eigenvalue weighted by Gasteiger charge is 2.70. The van der Waals surface area contributed by atoms with E-state index in [0.717, 1.165) is 51.4 Å². The van der Waals surface area contributed by atoms with Gasteiger partial charge >= 0.3 is 5.97 Å². The Morgan fingerprint density at radius 2 is 1.57 bits per heavy atom. The molecule has 4 nitrogen and oxygen atoms in total. The highest BCUT2D eigenvalue weighted by Crippen LogP contribution is 2.75. The molecule has 4 fully saturated rings. The van der Waals surface area contributed by atoms with E-state index < -0.39 is 12.2 Å². The number of carbonyl (C=O) groups is 1. The topological polar surface area (TPSA) is 66.8 Å². The molecule has 2 N–H and O–H groups in total. The number of fused-ring (bicyclic) bond motifs is 7. The summed E-state index contributed by atoms with van der Waals surface area (Å²) in [7, 11) is 1.57. The Labute approximate surface area is 213 Å². The fraction of sp³-hybridized carbons (Fsp3) is 0.903. The van der Waals surface area contributed by atoms with Gasteiger partial charge in [0.05, 0.1) is 24.7 Å². The highest BCUT2D eigenvalue weighted by atomic mass is 16.5. The summed E-state index contributed by atoms with van der Waals surface area (Å²) in [6, 6.07) is 0. The number of rotatable bonds is 1. The van der Waals surface area contributed by atoms with Crippen molar-refractivity contribution in [2.45, 2.75) is 118 Å². The zero-order valence-electron chi connectivity index (χ0n) is 23.5. The average Bonchev–Trinajstić information content (AvgIpc) is 2.77. The molecule has 0 aromatic rings. The van der Waals surface area contributed by atoms with E-state index in [0.29, 0.717) is 18.3 Å². The Morgan fingerprint density at radius 3 is 2.23 bits per heavy atom. The summed E-state index contributed by atoms with van der Waals surface area (Å²) in [4.78, 5) is 13.4. The Kier molecular flexibility index (Phi) is 5.59. The lowest BCUT2D eigenvalue weighted by Crippen LogP contribution is -2.67. The molecule has 0 spiro atoms. The molecule has 0 aliphatic heterocycles. The number of esters is 1. The van der Waals surface area contributed by atoms with Gasteiger partial charge in [-0.2, -0.15) is 0 Å². The predicted octanol–water partition coefficient (Wildman–Crippen LogP) is 6.29. The molecule has 4 saturated carbocycles. The van der Waals surface area contributed by atoms with Crippen LogP contribution in [-0.2, 0) is 9.53 Å². The number of hydrogen-bond acceptors (Lipinski definition) is 4. The molecule has 0 unspecified atom stereocenters. The minimum absolute atomic E-state index is 0.00929. The van der Waals surface area contributed by atoms with E-state index in [1.165, 1.54) is 0 Å². The van der Waals surface area contributed by atoms with Gasteiger partial charge in [-0.25, -0.2) is 0 Å².